The minimum Gasteiger partial charge on any atom is -0.328 e. The Bertz CT molecular complexity index is 1450. The maximum atomic E-state index is 13.9. The quantitative estimate of drug-likeness (QED) is 0.415. The molecule has 5 rings (SSSR count). The number of rotatable bonds is 2. The number of nitrogens with zero attached hydrogens (tertiary/aromatic N) is 7. The second kappa shape index (κ2) is 7.40. The molecule has 1 aliphatic heterocycles. The normalized spacial score (nSPS) is 16.4. The molecule has 4 heterocycles. The van der Waals surface area contributed by atoms with Crippen LogP contribution in [0.2, 0.25) is 0 Å². The zero-order valence-electron chi connectivity index (χ0n) is 18.9. The summed E-state index contributed by atoms with van der Waals surface area (Å²) < 4.78 is 57.7. The maximum absolute atomic E-state index is 13.9. The highest BCUT2D eigenvalue weighted by atomic mass is 19.4. The van der Waals surface area contributed by atoms with Gasteiger partial charge in [0.25, 0.3) is 5.91 Å². The smallest absolute Gasteiger partial charge is 0.328 e. The number of hydrogen-bond donors (Lipinski definition) is 0. The maximum Gasteiger partial charge on any atom is 0.435 e. The van der Waals surface area contributed by atoms with E-state index in [0.717, 1.165) is 11.6 Å². The zero-order valence-corrected chi connectivity index (χ0v) is 18.9. The number of aromatic nitrogens is 6. The third-order valence-corrected chi connectivity index (χ3v) is 6.33. The summed E-state index contributed by atoms with van der Waals surface area (Å²) in [6.07, 6.45) is -4.17. The molecule has 4 aromatic rings. The zero-order chi connectivity index (χ0) is 24.5. The number of benzene rings is 1. The van der Waals surface area contributed by atoms with E-state index in [-0.39, 0.29) is 11.6 Å². The summed E-state index contributed by atoms with van der Waals surface area (Å²) in [4.78, 5) is 15.0. The van der Waals surface area contributed by atoms with Gasteiger partial charge in [0, 0.05) is 38.6 Å². The Balaban J connectivity index is 1.53. The minimum atomic E-state index is -4.56. The van der Waals surface area contributed by atoms with Crippen molar-refractivity contribution < 1.29 is 22.4 Å². The molecule has 0 saturated carbocycles. The number of hydrogen-bond acceptors (Lipinski definition) is 4. The van der Waals surface area contributed by atoms with Crippen LogP contribution in [0, 0.1) is 5.82 Å². The summed E-state index contributed by atoms with van der Waals surface area (Å²) in [5.41, 5.74) is 1.99. The lowest BCUT2D eigenvalue weighted by atomic mass is 9.96. The molecule has 0 radical (unpaired) electrons. The second-order valence-electron chi connectivity index (χ2n) is 8.43. The van der Waals surface area contributed by atoms with Crippen molar-refractivity contribution in [3.05, 3.63) is 52.7 Å². The van der Waals surface area contributed by atoms with Gasteiger partial charge in [0.2, 0.25) is 0 Å². The lowest BCUT2D eigenvalue weighted by molar-refractivity contribution is -0.141. The van der Waals surface area contributed by atoms with Crippen molar-refractivity contribution in [2.45, 2.75) is 25.6 Å². The van der Waals surface area contributed by atoms with E-state index in [2.05, 4.69) is 15.3 Å². The molecular formula is C22H21F4N7O. The van der Waals surface area contributed by atoms with Crippen LogP contribution in [0.4, 0.5) is 17.6 Å². The van der Waals surface area contributed by atoms with Crippen molar-refractivity contribution in [1.82, 2.24) is 34.2 Å². The topological polar surface area (TPSA) is 73.8 Å². The summed E-state index contributed by atoms with van der Waals surface area (Å²) in [5.74, 6) is -0.825. The van der Waals surface area contributed by atoms with Crippen LogP contribution >= 0.6 is 0 Å². The fourth-order valence-corrected chi connectivity index (χ4v) is 4.70. The lowest BCUT2D eigenvalue weighted by Crippen LogP contribution is -2.39. The molecule has 1 aliphatic rings. The molecule has 0 spiro atoms. The van der Waals surface area contributed by atoms with Crippen molar-refractivity contribution in [2.24, 2.45) is 21.1 Å². The molecule has 34 heavy (non-hydrogen) atoms. The highest BCUT2D eigenvalue weighted by molar-refractivity contribution is 6.05. The van der Waals surface area contributed by atoms with Gasteiger partial charge in [-0.1, -0.05) is 0 Å². The van der Waals surface area contributed by atoms with Crippen LogP contribution in [-0.4, -0.2) is 46.7 Å². The Kier molecular flexibility index (Phi) is 4.81. The van der Waals surface area contributed by atoms with Crippen molar-refractivity contribution in [1.29, 1.82) is 0 Å². The van der Waals surface area contributed by atoms with Crippen LogP contribution in [0.15, 0.2) is 24.3 Å². The molecule has 3 aromatic heterocycles. The Labute approximate surface area is 191 Å². The summed E-state index contributed by atoms with van der Waals surface area (Å²) in [6, 6.07) is 4.72. The molecule has 8 nitrogen and oxygen atoms in total. The Morgan fingerprint density at radius 3 is 2.44 bits per heavy atom. The molecular weight excluding hydrogens is 454 g/mol. The number of carbonyl (C=O) groups is 1. The molecule has 1 amide bonds. The number of halogens is 4. The highest BCUT2D eigenvalue weighted by Gasteiger charge is 2.38. The largest absolute Gasteiger partial charge is 0.435 e. The first-order chi connectivity index (χ1) is 16.0. The third-order valence-electron chi connectivity index (χ3n) is 6.33. The average molecular weight is 475 g/mol. The molecule has 0 fully saturated rings. The monoisotopic (exact) mass is 475 g/mol. The summed E-state index contributed by atoms with van der Waals surface area (Å²) in [6.45, 7) is 2.12. The first-order valence-electron chi connectivity index (χ1n) is 10.6. The first-order valence-corrected chi connectivity index (χ1v) is 10.6. The van der Waals surface area contributed by atoms with Gasteiger partial charge in [-0.25, -0.2) is 4.39 Å². The van der Waals surface area contributed by atoms with Gasteiger partial charge in [0.05, 0.1) is 28.6 Å². The summed E-state index contributed by atoms with van der Waals surface area (Å²) in [7, 11) is 4.79. The number of fused-ring (bicyclic) bond motifs is 2. The van der Waals surface area contributed by atoms with Crippen LogP contribution in [0.3, 0.4) is 0 Å². The average Bonchev–Trinajstić information content (AvgIpc) is 3.40. The Hall–Kier alpha value is -3.70. The van der Waals surface area contributed by atoms with Crippen LogP contribution in [0.5, 0.6) is 0 Å². The van der Waals surface area contributed by atoms with Gasteiger partial charge < -0.3 is 4.90 Å². The van der Waals surface area contributed by atoms with Crippen molar-refractivity contribution >= 4 is 16.8 Å². The van der Waals surface area contributed by atoms with Gasteiger partial charge in [-0.05, 0) is 37.6 Å². The molecule has 1 aromatic carbocycles. The summed E-state index contributed by atoms with van der Waals surface area (Å²) in [5, 5.41) is 12.9. The van der Waals surface area contributed by atoms with E-state index in [1.807, 2.05) is 6.92 Å². The summed E-state index contributed by atoms with van der Waals surface area (Å²) >= 11 is 0. The SMILES string of the molecule is C[C@H]1c2nn(C)c(-c3cc(C(F)(F)F)nn3C)c2CCN1C(=O)c1nn(C)c2ccc(F)cc12. The molecule has 0 aliphatic carbocycles. The van der Waals surface area contributed by atoms with E-state index in [1.165, 1.54) is 33.2 Å². The van der Waals surface area contributed by atoms with Gasteiger partial charge in [0.15, 0.2) is 11.4 Å². The van der Waals surface area contributed by atoms with Gasteiger partial charge in [-0.15, -0.1) is 0 Å². The van der Waals surface area contributed by atoms with Gasteiger partial charge in [-0.3, -0.25) is 18.8 Å². The number of carbonyl (C=O) groups excluding carboxylic acids is 1. The van der Waals surface area contributed by atoms with Crippen LogP contribution < -0.4 is 0 Å². The van der Waals surface area contributed by atoms with E-state index in [0.29, 0.717) is 41.0 Å². The first kappa shape index (κ1) is 22.1. The molecule has 0 bridgehead atoms. The third kappa shape index (κ3) is 3.27. The van der Waals surface area contributed by atoms with E-state index < -0.39 is 23.7 Å². The van der Waals surface area contributed by atoms with E-state index in [4.69, 9.17) is 0 Å². The van der Waals surface area contributed by atoms with Crippen molar-refractivity contribution in [2.75, 3.05) is 6.54 Å². The highest BCUT2D eigenvalue weighted by Crippen LogP contribution is 2.38. The molecule has 0 N–H and O–H groups in total. The molecule has 12 heteroatoms. The van der Waals surface area contributed by atoms with Crippen LogP contribution in [-0.2, 0) is 33.7 Å². The standard InChI is InChI=1S/C22H21F4N7O/c1-11-18-13(20(32(4)28-18)16-10-17(22(24,25)26)27-31(16)3)7-8-33(11)21(34)19-14-9-12(23)5-6-15(14)30(2)29-19/h5-6,9-11H,7-8H2,1-4H3/t11-/m0/s1. The molecule has 178 valence electrons. The number of aryl methyl sites for hydroxylation is 3. The Morgan fingerprint density at radius 2 is 1.76 bits per heavy atom. The number of alkyl halides is 3. The predicted molar refractivity (Wildman–Crippen MR) is 114 cm³/mol. The van der Waals surface area contributed by atoms with Gasteiger partial charge in [0.1, 0.15) is 5.82 Å². The lowest BCUT2D eigenvalue weighted by Gasteiger charge is -2.32. The van der Waals surface area contributed by atoms with Crippen molar-refractivity contribution in [3.63, 3.8) is 0 Å². The fourth-order valence-electron chi connectivity index (χ4n) is 4.70. The number of amides is 1. The fraction of sp³-hybridized carbons (Fsp3) is 0.364. The van der Waals surface area contributed by atoms with E-state index >= 15 is 0 Å². The van der Waals surface area contributed by atoms with E-state index in [9.17, 15) is 22.4 Å². The molecule has 0 saturated heterocycles. The minimum absolute atomic E-state index is 0.143. The molecule has 0 unspecified atom stereocenters. The van der Waals surface area contributed by atoms with E-state index in [1.54, 1.807) is 25.1 Å². The van der Waals surface area contributed by atoms with Crippen molar-refractivity contribution in [3.8, 4) is 11.4 Å². The Morgan fingerprint density at radius 1 is 1.03 bits per heavy atom. The van der Waals surface area contributed by atoms with Gasteiger partial charge in [-0.2, -0.15) is 28.5 Å². The van der Waals surface area contributed by atoms with Crippen LogP contribution in [0.25, 0.3) is 22.3 Å². The predicted octanol–water partition coefficient (Wildman–Crippen LogP) is 3.62. The van der Waals surface area contributed by atoms with Gasteiger partial charge >= 0.3 is 6.18 Å². The second-order valence-corrected chi connectivity index (χ2v) is 8.43. The molecule has 1 atom stereocenters. The van der Waals surface area contributed by atoms with Crippen LogP contribution in [0.1, 0.15) is 40.4 Å².